The van der Waals surface area contributed by atoms with Gasteiger partial charge in [0.1, 0.15) is 0 Å². The molecule has 20 heavy (non-hydrogen) atoms. The van der Waals surface area contributed by atoms with Gasteiger partial charge in [0.05, 0.1) is 11.3 Å². The molecule has 1 heterocycles. The minimum Gasteiger partial charge on any atom is -0.384 e. The van der Waals surface area contributed by atoms with E-state index >= 15 is 0 Å². The smallest absolute Gasteiger partial charge is 0.257 e. The third-order valence-electron chi connectivity index (χ3n) is 3.41. The largest absolute Gasteiger partial charge is 0.384 e. The molecule has 1 aromatic rings. The van der Waals surface area contributed by atoms with Gasteiger partial charge in [-0.05, 0) is 31.7 Å². The monoisotopic (exact) mass is 277 g/mol. The van der Waals surface area contributed by atoms with Crippen molar-refractivity contribution in [2.45, 2.75) is 46.6 Å². The van der Waals surface area contributed by atoms with E-state index in [0.717, 1.165) is 25.1 Å². The number of pyridine rings is 1. The van der Waals surface area contributed by atoms with Crippen LogP contribution in [0, 0.1) is 5.92 Å². The van der Waals surface area contributed by atoms with Gasteiger partial charge in [-0.15, -0.1) is 0 Å². The van der Waals surface area contributed by atoms with Crippen molar-refractivity contribution in [3.63, 3.8) is 0 Å². The van der Waals surface area contributed by atoms with E-state index in [1.54, 1.807) is 12.4 Å². The Morgan fingerprint density at radius 3 is 2.70 bits per heavy atom. The van der Waals surface area contributed by atoms with Crippen LogP contribution in [-0.2, 0) is 0 Å². The maximum atomic E-state index is 12.6. The van der Waals surface area contributed by atoms with Gasteiger partial charge in [0, 0.05) is 32.0 Å². The highest BCUT2D eigenvalue weighted by Crippen LogP contribution is 2.18. The van der Waals surface area contributed by atoms with Gasteiger partial charge in [-0.3, -0.25) is 9.78 Å². The standard InChI is InChI=1S/C16H27N3O/c1-6-8-18-15-7-9-17-11-14(15)16(20)19(5)13(4)10-12(2)3/h7,9,11-13H,6,8,10H2,1-5H3,(H,17,18). The third-order valence-corrected chi connectivity index (χ3v) is 3.41. The fourth-order valence-electron chi connectivity index (χ4n) is 2.21. The molecule has 4 nitrogen and oxygen atoms in total. The van der Waals surface area contributed by atoms with Gasteiger partial charge < -0.3 is 10.2 Å². The summed E-state index contributed by atoms with van der Waals surface area (Å²) in [6.07, 6.45) is 5.39. The number of anilines is 1. The van der Waals surface area contributed by atoms with Crippen LogP contribution in [0.3, 0.4) is 0 Å². The average Bonchev–Trinajstić information content (AvgIpc) is 2.43. The van der Waals surface area contributed by atoms with Crippen LogP contribution in [0.2, 0.25) is 0 Å². The fraction of sp³-hybridized carbons (Fsp3) is 0.625. The molecule has 0 aliphatic rings. The van der Waals surface area contributed by atoms with Crippen LogP contribution in [0.25, 0.3) is 0 Å². The van der Waals surface area contributed by atoms with Crippen molar-refractivity contribution < 1.29 is 4.79 Å². The van der Waals surface area contributed by atoms with Crippen molar-refractivity contribution in [1.82, 2.24) is 9.88 Å². The maximum absolute atomic E-state index is 12.6. The number of carbonyl (C=O) groups excluding carboxylic acids is 1. The summed E-state index contributed by atoms with van der Waals surface area (Å²) in [5.74, 6) is 0.608. The number of carbonyl (C=O) groups is 1. The summed E-state index contributed by atoms with van der Waals surface area (Å²) in [5, 5.41) is 3.29. The summed E-state index contributed by atoms with van der Waals surface area (Å²) in [7, 11) is 1.87. The van der Waals surface area contributed by atoms with E-state index in [-0.39, 0.29) is 11.9 Å². The molecule has 0 bridgehead atoms. The molecule has 0 aliphatic heterocycles. The zero-order chi connectivity index (χ0) is 15.1. The van der Waals surface area contributed by atoms with Crippen LogP contribution >= 0.6 is 0 Å². The average molecular weight is 277 g/mol. The minimum absolute atomic E-state index is 0.0323. The Morgan fingerprint density at radius 1 is 1.40 bits per heavy atom. The molecule has 0 aliphatic carbocycles. The van der Waals surface area contributed by atoms with Gasteiger partial charge >= 0.3 is 0 Å². The third kappa shape index (κ3) is 4.51. The molecule has 1 atom stereocenters. The number of rotatable bonds is 7. The van der Waals surface area contributed by atoms with Crippen LogP contribution in [0.5, 0.6) is 0 Å². The number of hydrogen-bond donors (Lipinski definition) is 1. The van der Waals surface area contributed by atoms with Crippen molar-refractivity contribution in [3.05, 3.63) is 24.0 Å². The molecule has 0 spiro atoms. The normalized spacial score (nSPS) is 12.3. The zero-order valence-electron chi connectivity index (χ0n) is 13.3. The number of hydrogen-bond acceptors (Lipinski definition) is 3. The summed E-state index contributed by atoms with van der Waals surface area (Å²) in [4.78, 5) is 18.5. The predicted molar refractivity (Wildman–Crippen MR) is 84.0 cm³/mol. The first-order valence-corrected chi connectivity index (χ1v) is 7.42. The van der Waals surface area contributed by atoms with Gasteiger partial charge in [0.25, 0.3) is 5.91 Å². The van der Waals surface area contributed by atoms with E-state index in [9.17, 15) is 4.79 Å². The lowest BCUT2D eigenvalue weighted by atomic mass is 10.0. The molecule has 4 heteroatoms. The Bertz CT molecular complexity index is 431. The van der Waals surface area contributed by atoms with E-state index in [0.29, 0.717) is 11.5 Å². The molecular formula is C16H27N3O. The quantitative estimate of drug-likeness (QED) is 0.830. The lowest BCUT2D eigenvalue weighted by Crippen LogP contribution is -2.36. The first-order valence-electron chi connectivity index (χ1n) is 7.42. The second kappa shape index (κ2) is 7.88. The predicted octanol–water partition coefficient (Wildman–Crippen LogP) is 3.41. The summed E-state index contributed by atoms with van der Waals surface area (Å²) >= 11 is 0. The van der Waals surface area contributed by atoms with Crippen LogP contribution in [-0.4, -0.2) is 35.4 Å². The molecule has 0 radical (unpaired) electrons. The minimum atomic E-state index is 0.0323. The summed E-state index contributed by atoms with van der Waals surface area (Å²) in [6, 6.07) is 2.09. The van der Waals surface area contributed by atoms with E-state index in [4.69, 9.17) is 0 Å². The number of nitrogens with zero attached hydrogens (tertiary/aromatic N) is 2. The van der Waals surface area contributed by atoms with E-state index in [1.165, 1.54) is 0 Å². The topological polar surface area (TPSA) is 45.2 Å². The SMILES string of the molecule is CCCNc1ccncc1C(=O)N(C)C(C)CC(C)C. The molecule has 0 aromatic carbocycles. The van der Waals surface area contributed by atoms with Crippen molar-refractivity contribution >= 4 is 11.6 Å². The van der Waals surface area contributed by atoms with Gasteiger partial charge in [0.2, 0.25) is 0 Å². The molecule has 0 fully saturated rings. The molecule has 0 saturated carbocycles. The number of aromatic nitrogens is 1. The molecule has 112 valence electrons. The van der Waals surface area contributed by atoms with Gasteiger partial charge in [-0.25, -0.2) is 0 Å². The molecular weight excluding hydrogens is 250 g/mol. The number of nitrogens with one attached hydrogen (secondary N) is 1. The van der Waals surface area contributed by atoms with Crippen molar-refractivity contribution in [3.8, 4) is 0 Å². The van der Waals surface area contributed by atoms with Crippen LogP contribution < -0.4 is 5.32 Å². The molecule has 1 N–H and O–H groups in total. The Morgan fingerprint density at radius 2 is 2.10 bits per heavy atom. The lowest BCUT2D eigenvalue weighted by Gasteiger charge is -2.27. The molecule has 1 aromatic heterocycles. The highest BCUT2D eigenvalue weighted by Gasteiger charge is 2.20. The van der Waals surface area contributed by atoms with Crippen molar-refractivity contribution in [2.75, 3.05) is 18.9 Å². The Balaban J connectivity index is 2.85. The second-order valence-corrected chi connectivity index (χ2v) is 5.74. The van der Waals surface area contributed by atoms with E-state index in [2.05, 4.69) is 38.0 Å². The molecule has 0 saturated heterocycles. The molecule has 1 amide bonds. The Labute approximate surface area is 122 Å². The second-order valence-electron chi connectivity index (χ2n) is 5.74. The maximum Gasteiger partial charge on any atom is 0.257 e. The van der Waals surface area contributed by atoms with Crippen LogP contribution in [0.1, 0.15) is 50.9 Å². The van der Waals surface area contributed by atoms with Crippen molar-refractivity contribution in [1.29, 1.82) is 0 Å². The first-order chi connectivity index (χ1) is 9.47. The zero-order valence-corrected chi connectivity index (χ0v) is 13.3. The highest BCUT2D eigenvalue weighted by atomic mass is 16.2. The number of amides is 1. The van der Waals surface area contributed by atoms with Crippen molar-refractivity contribution in [2.24, 2.45) is 5.92 Å². The molecule has 1 rings (SSSR count). The summed E-state index contributed by atoms with van der Waals surface area (Å²) in [6.45, 7) is 9.40. The van der Waals surface area contributed by atoms with Crippen LogP contribution in [0.15, 0.2) is 18.5 Å². The van der Waals surface area contributed by atoms with E-state index < -0.39 is 0 Å². The summed E-state index contributed by atoms with van der Waals surface area (Å²) in [5.41, 5.74) is 1.52. The first kappa shape index (κ1) is 16.5. The van der Waals surface area contributed by atoms with E-state index in [1.807, 2.05) is 18.0 Å². The van der Waals surface area contributed by atoms with Gasteiger partial charge in [-0.2, -0.15) is 0 Å². The lowest BCUT2D eigenvalue weighted by molar-refractivity contribution is 0.0729. The van der Waals surface area contributed by atoms with Gasteiger partial charge in [0.15, 0.2) is 0 Å². The summed E-state index contributed by atoms with van der Waals surface area (Å²) < 4.78 is 0. The Kier molecular flexibility index (Phi) is 6.49. The van der Waals surface area contributed by atoms with Gasteiger partial charge in [-0.1, -0.05) is 20.8 Å². The Hall–Kier alpha value is -1.58. The van der Waals surface area contributed by atoms with Crippen LogP contribution in [0.4, 0.5) is 5.69 Å². The fourth-order valence-corrected chi connectivity index (χ4v) is 2.21. The molecule has 1 unspecified atom stereocenters. The highest BCUT2D eigenvalue weighted by molar-refractivity contribution is 5.99.